The Morgan fingerprint density at radius 3 is 2.19 bits per heavy atom. The number of rotatable bonds is 2. The van der Waals surface area contributed by atoms with Crippen molar-refractivity contribution in [2.24, 2.45) is 0 Å². The Morgan fingerprint density at radius 2 is 1.75 bits per heavy atom. The van der Waals surface area contributed by atoms with E-state index in [0.29, 0.717) is 0 Å². The molecule has 92 valence electrons. The quantitative estimate of drug-likeness (QED) is 0.344. The second-order valence-electron chi connectivity index (χ2n) is 3.49. The fraction of sp³-hybridized carbons (Fsp3) is 0.750. The molecule has 1 heterocycles. The van der Waals surface area contributed by atoms with Gasteiger partial charge in [-0.05, 0) is 0 Å². The number of carboxylic acid groups (broad SMARTS) is 1. The van der Waals surface area contributed by atoms with Gasteiger partial charge in [-0.1, -0.05) is 0 Å². The number of carboxylic acids is 1. The van der Waals surface area contributed by atoms with E-state index in [1.54, 1.807) is 0 Å². The standard InChI is InChI=1S/C8H13NO7/c1-2(10)9-3-4(11)5(12)6(7(13)14)16-8(3)15/h3-6,8,11-12,15H,1H3,(H,9,10)(H,13,14)/t3-,4+,5-,6-,8-/m0/s1. The molecule has 1 fully saturated rings. The summed E-state index contributed by atoms with van der Waals surface area (Å²) in [5, 5.41) is 39.0. The summed E-state index contributed by atoms with van der Waals surface area (Å²) in [5.41, 5.74) is 0. The molecule has 1 aliphatic rings. The third kappa shape index (κ3) is 2.47. The molecular formula is C8H13NO7. The molecule has 0 aromatic carbocycles. The Kier molecular flexibility index (Phi) is 3.81. The van der Waals surface area contributed by atoms with Crippen LogP contribution in [0.3, 0.4) is 0 Å². The van der Waals surface area contributed by atoms with Gasteiger partial charge in [-0.2, -0.15) is 0 Å². The molecule has 8 heteroatoms. The second kappa shape index (κ2) is 4.74. The summed E-state index contributed by atoms with van der Waals surface area (Å²) in [5.74, 6) is -2.06. The van der Waals surface area contributed by atoms with Crippen LogP contribution in [0.25, 0.3) is 0 Å². The van der Waals surface area contributed by atoms with Crippen molar-refractivity contribution in [3.8, 4) is 0 Å². The first-order chi connectivity index (χ1) is 7.34. The van der Waals surface area contributed by atoms with Gasteiger partial charge >= 0.3 is 5.97 Å². The van der Waals surface area contributed by atoms with Crippen molar-refractivity contribution < 1.29 is 34.8 Å². The Labute approximate surface area is 90.5 Å². The predicted molar refractivity (Wildman–Crippen MR) is 48.1 cm³/mol. The highest BCUT2D eigenvalue weighted by molar-refractivity contribution is 5.74. The van der Waals surface area contributed by atoms with Crippen LogP contribution < -0.4 is 5.32 Å². The Hall–Kier alpha value is -1.22. The molecule has 1 rings (SSSR count). The first-order valence-corrected chi connectivity index (χ1v) is 4.54. The maximum absolute atomic E-state index is 10.7. The van der Waals surface area contributed by atoms with Crippen LogP contribution in [0.1, 0.15) is 6.92 Å². The summed E-state index contributed by atoms with van der Waals surface area (Å²) >= 11 is 0. The third-order valence-corrected chi connectivity index (χ3v) is 2.23. The van der Waals surface area contributed by atoms with E-state index >= 15 is 0 Å². The van der Waals surface area contributed by atoms with Gasteiger partial charge in [0.1, 0.15) is 18.2 Å². The van der Waals surface area contributed by atoms with Crippen molar-refractivity contribution in [3.63, 3.8) is 0 Å². The van der Waals surface area contributed by atoms with Crippen LogP contribution in [0, 0.1) is 0 Å². The van der Waals surface area contributed by atoms with E-state index in [9.17, 15) is 24.9 Å². The minimum Gasteiger partial charge on any atom is -0.479 e. The van der Waals surface area contributed by atoms with Crippen LogP contribution in [0.2, 0.25) is 0 Å². The Balaban J connectivity index is 2.79. The molecule has 5 atom stereocenters. The van der Waals surface area contributed by atoms with Crippen molar-refractivity contribution in [2.45, 2.75) is 37.6 Å². The Morgan fingerprint density at radius 1 is 1.19 bits per heavy atom. The van der Waals surface area contributed by atoms with Crippen LogP contribution in [-0.4, -0.2) is 62.9 Å². The SMILES string of the molecule is CC(=O)N[C@H]1[C@@H](O)[C@H](O)[C@@H](C(=O)O)O[C@@H]1O. The van der Waals surface area contributed by atoms with E-state index in [0.717, 1.165) is 6.92 Å². The maximum Gasteiger partial charge on any atom is 0.335 e. The number of aliphatic hydroxyl groups is 3. The molecule has 0 saturated carbocycles. The molecule has 0 aliphatic carbocycles. The van der Waals surface area contributed by atoms with Gasteiger partial charge < -0.3 is 30.5 Å². The Bertz CT molecular complexity index is 294. The van der Waals surface area contributed by atoms with Gasteiger partial charge in [0.25, 0.3) is 0 Å². The summed E-state index contributed by atoms with van der Waals surface area (Å²) in [7, 11) is 0. The molecule has 5 N–H and O–H groups in total. The zero-order valence-corrected chi connectivity index (χ0v) is 8.40. The zero-order chi connectivity index (χ0) is 12.5. The maximum atomic E-state index is 10.7. The molecule has 0 aromatic heterocycles. The first-order valence-electron chi connectivity index (χ1n) is 4.54. The third-order valence-electron chi connectivity index (χ3n) is 2.23. The van der Waals surface area contributed by atoms with E-state index in [1.165, 1.54) is 0 Å². The average Bonchev–Trinajstić information content (AvgIpc) is 2.17. The van der Waals surface area contributed by atoms with E-state index in [-0.39, 0.29) is 0 Å². The predicted octanol–water partition coefficient (Wildman–Crippen LogP) is -2.99. The zero-order valence-electron chi connectivity index (χ0n) is 8.40. The normalized spacial score (nSPS) is 39.1. The minimum absolute atomic E-state index is 0.548. The highest BCUT2D eigenvalue weighted by Crippen LogP contribution is 2.20. The molecule has 0 aromatic rings. The molecule has 1 aliphatic heterocycles. The second-order valence-corrected chi connectivity index (χ2v) is 3.49. The van der Waals surface area contributed by atoms with Crippen molar-refractivity contribution in [1.82, 2.24) is 5.32 Å². The fourth-order valence-corrected chi connectivity index (χ4v) is 1.47. The summed E-state index contributed by atoms with van der Waals surface area (Å²) in [6, 6.07) is -1.26. The lowest BCUT2D eigenvalue weighted by molar-refractivity contribution is -0.249. The van der Waals surface area contributed by atoms with E-state index in [4.69, 9.17) is 5.11 Å². The summed E-state index contributed by atoms with van der Waals surface area (Å²) in [4.78, 5) is 21.3. The van der Waals surface area contributed by atoms with Gasteiger partial charge in [0, 0.05) is 6.92 Å². The number of hydrogen-bond donors (Lipinski definition) is 5. The topological polar surface area (TPSA) is 136 Å². The van der Waals surface area contributed by atoms with Crippen LogP contribution in [-0.2, 0) is 14.3 Å². The molecule has 1 amide bonds. The van der Waals surface area contributed by atoms with E-state index in [1.807, 2.05) is 0 Å². The molecule has 1 saturated heterocycles. The van der Waals surface area contributed by atoms with Crippen LogP contribution in [0.5, 0.6) is 0 Å². The van der Waals surface area contributed by atoms with Crippen LogP contribution in [0.4, 0.5) is 0 Å². The van der Waals surface area contributed by atoms with Gasteiger partial charge in [-0.15, -0.1) is 0 Å². The summed E-state index contributed by atoms with van der Waals surface area (Å²) in [6.07, 6.45) is -6.76. The lowest BCUT2D eigenvalue weighted by atomic mass is 9.97. The highest BCUT2D eigenvalue weighted by atomic mass is 16.6. The molecule has 8 nitrogen and oxygen atoms in total. The minimum atomic E-state index is -1.73. The molecule has 16 heavy (non-hydrogen) atoms. The van der Waals surface area contributed by atoms with Crippen molar-refractivity contribution in [1.29, 1.82) is 0 Å². The number of hydrogen-bond acceptors (Lipinski definition) is 6. The van der Waals surface area contributed by atoms with Crippen molar-refractivity contribution in [3.05, 3.63) is 0 Å². The number of carbonyl (C=O) groups is 2. The smallest absolute Gasteiger partial charge is 0.335 e. The number of amides is 1. The fourth-order valence-electron chi connectivity index (χ4n) is 1.47. The number of carbonyl (C=O) groups excluding carboxylic acids is 1. The van der Waals surface area contributed by atoms with Gasteiger partial charge in [0.2, 0.25) is 5.91 Å². The number of aliphatic hydroxyl groups excluding tert-OH is 3. The van der Waals surface area contributed by atoms with Gasteiger partial charge in [-0.25, -0.2) is 4.79 Å². The first kappa shape index (κ1) is 12.8. The number of ether oxygens (including phenoxy) is 1. The largest absolute Gasteiger partial charge is 0.479 e. The van der Waals surface area contributed by atoms with Crippen LogP contribution in [0.15, 0.2) is 0 Å². The van der Waals surface area contributed by atoms with Crippen molar-refractivity contribution in [2.75, 3.05) is 0 Å². The molecule has 0 bridgehead atoms. The summed E-state index contributed by atoms with van der Waals surface area (Å²) in [6.45, 7) is 1.15. The molecule has 0 radical (unpaired) electrons. The lowest BCUT2D eigenvalue weighted by Crippen LogP contribution is -2.64. The summed E-state index contributed by atoms with van der Waals surface area (Å²) < 4.78 is 4.58. The van der Waals surface area contributed by atoms with Crippen molar-refractivity contribution >= 4 is 11.9 Å². The van der Waals surface area contributed by atoms with Gasteiger partial charge in [0.05, 0.1) is 0 Å². The van der Waals surface area contributed by atoms with E-state index in [2.05, 4.69) is 10.1 Å². The molecule has 0 spiro atoms. The van der Waals surface area contributed by atoms with E-state index < -0.39 is 42.5 Å². The lowest BCUT2D eigenvalue weighted by Gasteiger charge is -2.39. The molecular weight excluding hydrogens is 222 g/mol. The van der Waals surface area contributed by atoms with Gasteiger partial charge in [-0.3, -0.25) is 4.79 Å². The van der Waals surface area contributed by atoms with Crippen LogP contribution >= 0.6 is 0 Å². The number of nitrogens with one attached hydrogen (secondary N) is 1. The highest BCUT2D eigenvalue weighted by Gasteiger charge is 2.47. The number of aliphatic carboxylic acids is 1. The molecule has 0 unspecified atom stereocenters. The monoisotopic (exact) mass is 235 g/mol. The van der Waals surface area contributed by atoms with Gasteiger partial charge in [0.15, 0.2) is 12.4 Å². The average molecular weight is 235 g/mol.